The molecule has 0 radical (unpaired) electrons. The van der Waals surface area contributed by atoms with Crippen LogP contribution in [-0.2, 0) is 22.6 Å². The molecule has 0 saturated carbocycles. The second-order valence-electron chi connectivity index (χ2n) is 8.28. The number of nitrogens with zero attached hydrogens (tertiary/aromatic N) is 1. The molecule has 3 aromatic carbocycles. The standard InChI is InChI=1S/C27H31FN2O2/c1-4-19(2)29-27(32)20(3)30(18-21-12-15-24(28)16-13-21)26(31)17-14-23-10-7-9-22-8-5-6-11-25(22)23/h5-13,15-16,19-20H,4,14,17-18H2,1-3H3,(H,29,32)/t19-,20-/m1/s1. The Bertz CT molecular complexity index is 1060. The highest BCUT2D eigenvalue weighted by molar-refractivity contribution is 5.89. The van der Waals surface area contributed by atoms with E-state index in [9.17, 15) is 14.0 Å². The second-order valence-corrected chi connectivity index (χ2v) is 8.28. The number of fused-ring (bicyclic) bond motifs is 1. The van der Waals surface area contributed by atoms with Gasteiger partial charge < -0.3 is 10.2 Å². The molecule has 32 heavy (non-hydrogen) atoms. The minimum Gasteiger partial charge on any atom is -0.352 e. The molecule has 0 aliphatic heterocycles. The summed E-state index contributed by atoms with van der Waals surface area (Å²) in [4.78, 5) is 27.7. The number of aryl methyl sites for hydroxylation is 1. The Balaban J connectivity index is 1.78. The summed E-state index contributed by atoms with van der Waals surface area (Å²) in [6, 6.07) is 19.7. The molecule has 1 N–H and O–H groups in total. The fraction of sp³-hybridized carbons (Fsp3) is 0.333. The highest BCUT2D eigenvalue weighted by atomic mass is 19.1. The van der Waals surface area contributed by atoms with Gasteiger partial charge in [0.2, 0.25) is 11.8 Å². The molecule has 0 unspecified atom stereocenters. The average Bonchev–Trinajstić information content (AvgIpc) is 2.81. The third kappa shape index (κ3) is 5.94. The van der Waals surface area contributed by atoms with Crippen LogP contribution in [0.25, 0.3) is 10.8 Å². The normalized spacial score (nSPS) is 12.9. The Hall–Kier alpha value is -3.21. The fourth-order valence-corrected chi connectivity index (χ4v) is 3.73. The zero-order chi connectivity index (χ0) is 23.1. The molecular formula is C27H31FN2O2. The summed E-state index contributed by atoms with van der Waals surface area (Å²) < 4.78 is 13.3. The van der Waals surface area contributed by atoms with E-state index in [1.54, 1.807) is 24.0 Å². The number of amides is 2. The lowest BCUT2D eigenvalue weighted by molar-refractivity contribution is -0.140. The third-order valence-corrected chi connectivity index (χ3v) is 5.92. The molecule has 3 aromatic rings. The fourth-order valence-electron chi connectivity index (χ4n) is 3.73. The molecule has 0 aromatic heterocycles. The van der Waals surface area contributed by atoms with Crippen LogP contribution in [0.4, 0.5) is 4.39 Å². The van der Waals surface area contributed by atoms with Crippen molar-refractivity contribution < 1.29 is 14.0 Å². The second kappa shape index (κ2) is 10.9. The topological polar surface area (TPSA) is 49.4 Å². The van der Waals surface area contributed by atoms with Gasteiger partial charge in [-0.3, -0.25) is 9.59 Å². The summed E-state index contributed by atoms with van der Waals surface area (Å²) in [6.07, 6.45) is 1.68. The zero-order valence-electron chi connectivity index (χ0n) is 19.0. The van der Waals surface area contributed by atoms with Crippen molar-refractivity contribution in [3.05, 3.63) is 83.7 Å². The summed E-state index contributed by atoms with van der Waals surface area (Å²) in [6.45, 7) is 5.94. The number of rotatable bonds is 9. The molecule has 5 heteroatoms. The van der Waals surface area contributed by atoms with Gasteiger partial charge in [-0.2, -0.15) is 0 Å². The molecule has 0 fully saturated rings. The van der Waals surface area contributed by atoms with Crippen LogP contribution >= 0.6 is 0 Å². The number of hydrogen-bond donors (Lipinski definition) is 1. The molecule has 0 aliphatic carbocycles. The molecule has 4 nitrogen and oxygen atoms in total. The van der Waals surface area contributed by atoms with Crippen molar-refractivity contribution in [2.24, 2.45) is 0 Å². The van der Waals surface area contributed by atoms with E-state index in [0.717, 1.165) is 28.3 Å². The van der Waals surface area contributed by atoms with Gasteiger partial charge in [0, 0.05) is 19.0 Å². The van der Waals surface area contributed by atoms with Crippen LogP contribution in [0, 0.1) is 5.82 Å². The highest BCUT2D eigenvalue weighted by Gasteiger charge is 2.26. The number of hydrogen-bond acceptors (Lipinski definition) is 2. The van der Waals surface area contributed by atoms with E-state index in [2.05, 4.69) is 23.5 Å². The van der Waals surface area contributed by atoms with E-state index < -0.39 is 6.04 Å². The Morgan fingerprint density at radius 1 is 0.969 bits per heavy atom. The maximum Gasteiger partial charge on any atom is 0.242 e. The molecular weight excluding hydrogens is 403 g/mol. The quantitative estimate of drug-likeness (QED) is 0.500. The van der Waals surface area contributed by atoms with Gasteiger partial charge in [0.1, 0.15) is 11.9 Å². The minimum absolute atomic E-state index is 0.0309. The van der Waals surface area contributed by atoms with Gasteiger partial charge in [-0.25, -0.2) is 4.39 Å². The van der Waals surface area contributed by atoms with Crippen molar-refractivity contribution in [2.75, 3.05) is 0 Å². The van der Waals surface area contributed by atoms with E-state index in [1.807, 2.05) is 38.1 Å². The number of nitrogens with one attached hydrogen (secondary N) is 1. The first-order valence-electron chi connectivity index (χ1n) is 11.2. The van der Waals surface area contributed by atoms with Gasteiger partial charge >= 0.3 is 0 Å². The Labute approximate surface area is 189 Å². The minimum atomic E-state index is -0.630. The lowest BCUT2D eigenvalue weighted by Crippen LogP contribution is -2.49. The lowest BCUT2D eigenvalue weighted by Gasteiger charge is -2.30. The molecule has 0 spiro atoms. The Morgan fingerprint density at radius 2 is 1.66 bits per heavy atom. The van der Waals surface area contributed by atoms with Crippen LogP contribution in [0.3, 0.4) is 0 Å². The van der Waals surface area contributed by atoms with Gasteiger partial charge in [-0.05, 0) is 60.7 Å². The van der Waals surface area contributed by atoms with Crippen molar-refractivity contribution in [3.63, 3.8) is 0 Å². The largest absolute Gasteiger partial charge is 0.352 e. The van der Waals surface area contributed by atoms with Crippen molar-refractivity contribution in [2.45, 2.75) is 58.7 Å². The number of halogens is 1. The van der Waals surface area contributed by atoms with Crippen LogP contribution in [0.1, 0.15) is 44.7 Å². The van der Waals surface area contributed by atoms with Gasteiger partial charge in [0.15, 0.2) is 0 Å². The SMILES string of the molecule is CC[C@@H](C)NC(=O)[C@@H](C)N(Cc1ccc(F)cc1)C(=O)CCc1cccc2ccccc12. The van der Waals surface area contributed by atoms with Crippen molar-refractivity contribution in [1.82, 2.24) is 10.2 Å². The molecule has 168 valence electrons. The molecule has 2 atom stereocenters. The van der Waals surface area contributed by atoms with Gasteiger partial charge in [0.25, 0.3) is 0 Å². The number of carbonyl (C=O) groups is 2. The zero-order valence-corrected chi connectivity index (χ0v) is 19.0. The molecule has 0 bridgehead atoms. The lowest BCUT2D eigenvalue weighted by atomic mass is 10.0. The molecule has 0 heterocycles. The van der Waals surface area contributed by atoms with E-state index in [-0.39, 0.29) is 36.6 Å². The maximum absolute atomic E-state index is 13.3. The summed E-state index contributed by atoms with van der Waals surface area (Å²) in [5.41, 5.74) is 1.89. The molecule has 3 rings (SSSR count). The van der Waals surface area contributed by atoms with Crippen LogP contribution in [0.2, 0.25) is 0 Å². The number of benzene rings is 3. The molecule has 2 amide bonds. The van der Waals surface area contributed by atoms with Crippen molar-refractivity contribution >= 4 is 22.6 Å². The third-order valence-electron chi connectivity index (χ3n) is 5.92. The summed E-state index contributed by atoms with van der Waals surface area (Å²) >= 11 is 0. The van der Waals surface area contributed by atoms with Crippen LogP contribution in [0.5, 0.6) is 0 Å². The monoisotopic (exact) mass is 434 g/mol. The Morgan fingerprint density at radius 3 is 2.38 bits per heavy atom. The summed E-state index contributed by atoms with van der Waals surface area (Å²) in [5, 5.41) is 5.24. The average molecular weight is 435 g/mol. The smallest absolute Gasteiger partial charge is 0.242 e. The van der Waals surface area contributed by atoms with E-state index in [0.29, 0.717) is 6.42 Å². The highest BCUT2D eigenvalue weighted by Crippen LogP contribution is 2.21. The predicted molar refractivity (Wildman–Crippen MR) is 127 cm³/mol. The molecule has 0 aliphatic rings. The van der Waals surface area contributed by atoms with Gasteiger partial charge in [-0.15, -0.1) is 0 Å². The van der Waals surface area contributed by atoms with Gasteiger partial charge in [0.05, 0.1) is 0 Å². The van der Waals surface area contributed by atoms with Crippen LogP contribution in [0.15, 0.2) is 66.7 Å². The molecule has 0 saturated heterocycles. The summed E-state index contributed by atoms with van der Waals surface area (Å²) in [5.74, 6) is -0.612. The first-order chi connectivity index (χ1) is 15.4. The van der Waals surface area contributed by atoms with Crippen LogP contribution < -0.4 is 5.32 Å². The van der Waals surface area contributed by atoms with E-state index in [1.165, 1.54) is 12.1 Å². The maximum atomic E-state index is 13.3. The first-order valence-corrected chi connectivity index (χ1v) is 11.2. The number of carbonyl (C=O) groups excluding carboxylic acids is 2. The van der Waals surface area contributed by atoms with Crippen molar-refractivity contribution in [3.8, 4) is 0 Å². The Kier molecular flexibility index (Phi) is 7.98. The van der Waals surface area contributed by atoms with E-state index >= 15 is 0 Å². The summed E-state index contributed by atoms with van der Waals surface area (Å²) in [7, 11) is 0. The first kappa shape index (κ1) is 23.5. The van der Waals surface area contributed by atoms with E-state index in [4.69, 9.17) is 0 Å². The van der Waals surface area contributed by atoms with Gasteiger partial charge in [-0.1, -0.05) is 61.5 Å². The van der Waals surface area contributed by atoms with Crippen molar-refractivity contribution in [1.29, 1.82) is 0 Å². The predicted octanol–water partition coefficient (Wildman–Crippen LogP) is 5.24. The van der Waals surface area contributed by atoms with Crippen LogP contribution in [-0.4, -0.2) is 28.8 Å².